The topological polar surface area (TPSA) is 3.24 Å². The predicted octanol–water partition coefficient (Wildman–Crippen LogP) is 2.32. The number of nitrogens with zero attached hydrogens (tertiary/aromatic N) is 1. The summed E-state index contributed by atoms with van der Waals surface area (Å²) in [7, 11) is 0. The van der Waals surface area contributed by atoms with Crippen LogP contribution in [0, 0.1) is 5.92 Å². The van der Waals surface area contributed by atoms with Crippen molar-refractivity contribution in [2.24, 2.45) is 5.92 Å². The van der Waals surface area contributed by atoms with Gasteiger partial charge in [-0.2, -0.15) is 0 Å². The molecule has 2 unspecified atom stereocenters. The number of rotatable bonds is 1. The van der Waals surface area contributed by atoms with Gasteiger partial charge in [-0.15, -0.1) is 0 Å². The first-order chi connectivity index (χ1) is 4.74. The van der Waals surface area contributed by atoms with Crippen molar-refractivity contribution in [2.75, 3.05) is 5.75 Å². The minimum absolute atomic E-state index is 0.631. The molecule has 0 amide bonds. The molecule has 1 nitrogen and oxygen atoms in total. The van der Waals surface area contributed by atoms with Crippen LogP contribution in [0.1, 0.15) is 20.3 Å². The van der Waals surface area contributed by atoms with Gasteiger partial charge in [0.05, 0.1) is 5.49 Å². The zero-order chi connectivity index (χ0) is 7.56. The molecule has 1 fully saturated rings. The molecule has 0 spiro atoms. The van der Waals surface area contributed by atoms with Crippen LogP contribution >= 0.6 is 24.2 Å². The maximum absolute atomic E-state index is 4.87. The van der Waals surface area contributed by atoms with E-state index in [2.05, 4.69) is 18.2 Å². The van der Waals surface area contributed by atoms with Gasteiger partial charge >= 0.3 is 0 Å². The summed E-state index contributed by atoms with van der Waals surface area (Å²) in [5.74, 6) is 2.07. The average Bonchev–Trinajstić information content (AvgIpc) is 1.88. The van der Waals surface area contributed by atoms with E-state index in [0.29, 0.717) is 6.04 Å². The van der Waals surface area contributed by atoms with Gasteiger partial charge in [-0.3, -0.25) is 0 Å². The third kappa shape index (κ3) is 1.86. The Morgan fingerprint density at radius 2 is 2.30 bits per heavy atom. The summed E-state index contributed by atoms with van der Waals surface area (Å²) < 4.78 is 2.18. The van der Waals surface area contributed by atoms with Gasteiger partial charge in [0.25, 0.3) is 0 Å². The van der Waals surface area contributed by atoms with Crippen molar-refractivity contribution in [1.82, 2.24) is 4.31 Å². The van der Waals surface area contributed by atoms with E-state index in [1.165, 1.54) is 12.2 Å². The lowest BCUT2D eigenvalue weighted by Gasteiger charge is -2.33. The molecular formula is C7H13NS2. The first kappa shape index (κ1) is 8.34. The van der Waals surface area contributed by atoms with Crippen molar-refractivity contribution >= 4 is 29.7 Å². The van der Waals surface area contributed by atoms with Crippen molar-refractivity contribution in [3.05, 3.63) is 0 Å². The molecule has 1 heterocycles. The number of hydrogen-bond acceptors (Lipinski definition) is 2. The highest BCUT2D eigenvalue weighted by atomic mass is 32.2. The van der Waals surface area contributed by atoms with Crippen LogP contribution < -0.4 is 0 Å². The fourth-order valence-corrected chi connectivity index (χ4v) is 2.58. The average molecular weight is 175 g/mol. The molecule has 0 saturated carbocycles. The van der Waals surface area contributed by atoms with Crippen LogP contribution in [-0.2, 0) is 0 Å². The van der Waals surface area contributed by atoms with Gasteiger partial charge in [-0.05, 0) is 31.2 Å². The quantitative estimate of drug-likeness (QED) is 0.445. The summed E-state index contributed by atoms with van der Waals surface area (Å²) >= 11 is 6.72. The van der Waals surface area contributed by atoms with Crippen molar-refractivity contribution < 1.29 is 0 Å². The van der Waals surface area contributed by atoms with Crippen LogP contribution in [0.15, 0.2) is 0 Å². The molecule has 2 atom stereocenters. The third-order valence-corrected chi connectivity index (χ3v) is 3.63. The predicted molar refractivity (Wildman–Crippen MR) is 51.2 cm³/mol. The third-order valence-electron chi connectivity index (χ3n) is 1.79. The Labute approximate surface area is 72.3 Å². The zero-order valence-corrected chi connectivity index (χ0v) is 8.04. The first-order valence-electron chi connectivity index (χ1n) is 3.60. The lowest BCUT2D eigenvalue weighted by Crippen LogP contribution is -2.32. The van der Waals surface area contributed by atoms with Gasteiger partial charge in [0, 0.05) is 11.8 Å². The fraction of sp³-hybridized carbons (Fsp3) is 0.857. The summed E-state index contributed by atoms with van der Waals surface area (Å²) in [6, 6.07) is 0.631. The highest BCUT2D eigenvalue weighted by molar-refractivity contribution is 7.98. The Morgan fingerprint density at radius 3 is 2.80 bits per heavy atom. The molecule has 1 aliphatic rings. The molecule has 0 aliphatic carbocycles. The summed E-state index contributed by atoms with van der Waals surface area (Å²) in [4.78, 5) is 0. The van der Waals surface area contributed by atoms with Gasteiger partial charge in [0.15, 0.2) is 0 Å². The highest BCUT2D eigenvalue weighted by Gasteiger charge is 2.20. The van der Waals surface area contributed by atoms with Gasteiger partial charge in [0.2, 0.25) is 0 Å². The van der Waals surface area contributed by atoms with Gasteiger partial charge < -0.3 is 4.31 Å². The SMILES string of the molecule is CC1CSN(C=S)C(C)C1. The standard InChI is InChI=1S/C7H13NS2/c1-6-3-7(2)8(5-9)10-4-6/h5-7H,3-4H2,1-2H3. The van der Waals surface area contributed by atoms with Crippen LogP contribution in [-0.4, -0.2) is 21.6 Å². The van der Waals surface area contributed by atoms with Crippen molar-refractivity contribution in [3.8, 4) is 0 Å². The van der Waals surface area contributed by atoms with Crippen molar-refractivity contribution in [2.45, 2.75) is 26.3 Å². The van der Waals surface area contributed by atoms with Crippen LogP contribution in [0.25, 0.3) is 0 Å². The van der Waals surface area contributed by atoms with Crippen molar-refractivity contribution in [3.63, 3.8) is 0 Å². The van der Waals surface area contributed by atoms with E-state index >= 15 is 0 Å². The van der Waals surface area contributed by atoms with Crippen LogP contribution in [0.2, 0.25) is 0 Å². The Kier molecular flexibility index (Phi) is 2.98. The summed E-state index contributed by atoms with van der Waals surface area (Å²) in [5.41, 5.74) is 1.77. The summed E-state index contributed by atoms with van der Waals surface area (Å²) in [6.07, 6.45) is 1.28. The molecule has 0 N–H and O–H groups in total. The highest BCUT2D eigenvalue weighted by Crippen LogP contribution is 2.27. The molecule has 0 aromatic heterocycles. The minimum atomic E-state index is 0.631. The molecule has 10 heavy (non-hydrogen) atoms. The molecule has 0 aromatic carbocycles. The van der Waals surface area contributed by atoms with Crippen LogP contribution in [0.4, 0.5) is 0 Å². The van der Waals surface area contributed by atoms with E-state index in [4.69, 9.17) is 12.2 Å². The molecule has 3 heteroatoms. The Morgan fingerprint density at radius 1 is 1.60 bits per heavy atom. The maximum Gasteiger partial charge on any atom is 0.0743 e. The van der Waals surface area contributed by atoms with E-state index in [1.54, 1.807) is 5.49 Å². The Bertz CT molecular complexity index is 127. The van der Waals surface area contributed by atoms with Gasteiger partial charge in [-0.1, -0.05) is 19.1 Å². The maximum atomic E-state index is 4.87. The van der Waals surface area contributed by atoms with E-state index in [-0.39, 0.29) is 0 Å². The van der Waals surface area contributed by atoms with Gasteiger partial charge in [0.1, 0.15) is 0 Å². The van der Waals surface area contributed by atoms with Gasteiger partial charge in [-0.25, -0.2) is 0 Å². The van der Waals surface area contributed by atoms with Crippen LogP contribution in [0.5, 0.6) is 0 Å². The normalized spacial score (nSPS) is 34.0. The van der Waals surface area contributed by atoms with Crippen LogP contribution in [0.3, 0.4) is 0 Å². The Hall–Kier alpha value is 0.240. The lowest BCUT2D eigenvalue weighted by atomic mass is 10.1. The molecule has 0 radical (unpaired) electrons. The van der Waals surface area contributed by atoms with E-state index in [9.17, 15) is 0 Å². The molecule has 0 bridgehead atoms. The second-order valence-electron chi connectivity index (χ2n) is 2.95. The first-order valence-corrected chi connectivity index (χ1v) is 5.02. The smallest absolute Gasteiger partial charge is 0.0743 e. The van der Waals surface area contributed by atoms with E-state index < -0.39 is 0 Å². The van der Waals surface area contributed by atoms with Crippen molar-refractivity contribution in [1.29, 1.82) is 0 Å². The molecular weight excluding hydrogens is 162 g/mol. The zero-order valence-electron chi connectivity index (χ0n) is 6.41. The monoisotopic (exact) mass is 175 g/mol. The summed E-state index contributed by atoms with van der Waals surface area (Å²) in [6.45, 7) is 4.52. The second-order valence-corrected chi connectivity index (χ2v) is 4.17. The molecule has 1 rings (SSSR count). The minimum Gasteiger partial charge on any atom is -0.310 e. The Balaban J connectivity index is 2.43. The lowest BCUT2D eigenvalue weighted by molar-refractivity contribution is 0.399. The van der Waals surface area contributed by atoms with E-state index in [0.717, 1.165) is 5.92 Å². The molecule has 1 saturated heterocycles. The molecule has 1 aliphatic heterocycles. The fourth-order valence-electron chi connectivity index (χ4n) is 1.23. The van der Waals surface area contributed by atoms with E-state index in [1.807, 2.05) is 11.9 Å². The number of thiocarbonyl (C=S) groups is 1. The molecule has 58 valence electrons. The largest absolute Gasteiger partial charge is 0.310 e. The second kappa shape index (κ2) is 3.58. The number of hydrogen-bond donors (Lipinski definition) is 0. The summed E-state index contributed by atoms with van der Waals surface area (Å²) in [5, 5.41) is 0. The molecule has 0 aromatic rings.